The lowest BCUT2D eigenvalue weighted by Gasteiger charge is -2.18. The van der Waals surface area contributed by atoms with E-state index in [2.05, 4.69) is 26.1 Å². The number of carbonyl (C=O) groups is 3. The highest BCUT2D eigenvalue weighted by molar-refractivity contribution is 8.18. The molecule has 0 saturated carbocycles. The normalized spacial score (nSPS) is 15.7. The van der Waals surface area contributed by atoms with Crippen LogP contribution in [0.15, 0.2) is 39.3 Å². The number of carbonyl (C=O) groups excluding carboxylic acids is 3. The zero-order valence-corrected chi connectivity index (χ0v) is 19.6. The molecule has 3 rings (SSSR count). The van der Waals surface area contributed by atoms with E-state index in [9.17, 15) is 19.2 Å². The summed E-state index contributed by atoms with van der Waals surface area (Å²) in [6, 6.07) is 7.91. The van der Waals surface area contributed by atoms with Gasteiger partial charge in [-0.3, -0.25) is 28.6 Å². The van der Waals surface area contributed by atoms with Crippen molar-refractivity contribution in [2.24, 2.45) is 0 Å². The fourth-order valence-electron chi connectivity index (χ4n) is 3.03. The van der Waals surface area contributed by atoms with Crippen molar-refractivity contribution < 1.29 is 14.4 Å². The summed E-state index contributed by atoms with van der Waals surface area (Å²) in [4.78, 5) is 50.0. The molecule has 0 bridgehead atoms. The molecule has 1 N–H and O–H groups in total. The van der Waals surface area contributed by atoms with E-state index < -0.39 is 0 Å². The minimum atomic E-state index is -0.367. The quantitative estimate of drug-likeness (QED) is 0.669. The Kier molecular flexibility index (Phi) is 6.86. The SMILES string of the molecule is Cc1csc(=O)n1CC(=O)NCCN1C(=O)SC(=Cc2ccc(C(C)(C)C)cc2)C1=O. The molecular formula is C22H25N3O4S2. The van der Waals surface area contributed by atoms with Crippen LogP contribution in [0.2, 0.25) is 0 Å². The van der Waals surface area contributed by atoms with Gasteiger partial charge < -0.3 is 5.32 Å². The van der Waals surface area contributed by atoms with Crippen LogP contribution in [-0.2, 0) is 21.5 Å². The van der Waals surface area contributed by atoms with E-state index in [1.54, 1.807) is 18.4 Å². The number of nitrogens with one attached hydrogen (secondary N) is 1. The molecule has 2 heterocycles. The van der Waals surface area contributed by atoms with E-state index >= 15 is 0 Å². The van der Waals surface area contributed by atoms with Gasteiger partial charge >= 0.3 is 4.87 Å². The summed E-state index contributed by atoms with van der Waals surface area (Å²) >= 11 is 1.94. The third-order valence-corrected chi connectivity index (χ3v) is 6.67. The number of thioether (sulfide) groups is 1. The van der Waals surface area contributed by atoms with Crippen LogP contribution in [0.1, 0.15) is 37.6 Å². The summed E-state index contributed by atoms with van der Waals surface area (Å²) < 4.78 is 1.38. The van der Waals surface area contributed by atoms with Gasteiger partial charge in [0.25, 0.3) is 11.1 Å². The number of aryl methyl sites for hydroxylation is 1. The van der Waals surface area contributed by atoms with Gasteiger partial charge in [-0.2, -0.15) is 0 Å². The van der Waals surface area contributed by atoms with Crippen LogP contribution in [0.4, 0.5) is 4.79 Å². The van der Waals surface area contributed by atoms with E-state index in [1.807, 2.05) is 24.3 Å². The second-order valence-electron chi connectivity index (χ2n) is 8.28. The van der Waals surface area contributed by atoms with Crippen molar-refractivity contribution in [2.45, 2.75) is 39.7 Å². The molecule has 164 valence electrons. The molecule has 31 heavy (non-hydrogen) atoms. The second kappa shape index (κ2) is 9.23. The molecule has 0 radical (unpaired) electrons. The predicted octanol–water partition coefficient (Wildman–Crippen LogP) is 3.37. The molecule has 0 unspecified atom stereocenters. The minimum Gasteiger partial charge on any atom is -0.353 e. The van der Waals surface area contributed by atoms with E-state index in [0.717, 1.165) is 39.3 Å². The Balaban J connectivity index is 1.57. The first kappa shape index (κ1) is 23.0. The fourth-order valence-corrected chi connectivity index (χ4v) is 4.63. The van der Waals surface area contributed by atoms with E-state index in [4.69, 9.17) is 0 Å². The summed E-state index contributed by atoms with van der Waals surface area (Å²) in [5, 5.41) is 3.99. The Bertz CT molecular complexity index is 1090. The number of rotatable bonds is 6. The molecule has 1 aliphatic heterocycles. The van der Waals surface area contributed by atoms with Gasteiger partial charge in [-0.05, 0) is 41.3 Å². The molecule has 1 aromatic carbocycles. The van der Waals surface area contributed by atoms with Crippen molar-refractivity contribution in [2.75, 3.05) is 13.1 Å². The first-order valence-corrected chi connectivity index (χ1v) is 11.5. The maximum atomic E-state index is 12.6. The lowest BCUT2D eigenvalue weighted by molar-refractivity contribution is -0.124. The summed E-state index contributed by atoms with van der Waals surface area (Å²) in [6.07, 6.45) is 1.71. The molecule has 1 aromatic heterocycles. The van der Waals surface area contributed by atoms with Gasteiger partial charge in [0.15, 0.2) is 0 Å². The van der Waals surface area contributed by atoms with E-state index in [-0.39, 0.29) is 47.0 Å². The third-order valence-electron chi connectivity index (χ3n) is 4.88. The van der Waals surface area contributed by atoms with Gasteiger partial charge in [0, 0.05) is 24.2 Å². The highest BCUT2D eigenvalue weighted by Gasteiger charge is 2.34. The van der Waals surface area contributed by atoms with Crippen LogP contribution in [-0.4, -0.2) is 39.6 Å². The van der Waals surface area contributed by atoms with Crippen LogP contribution >= 0.6 is 23.1 Å². The summed E-state index contributed by atoms with van der Waals surface area (Å²) in [5.41, 5.74) is 2.80. The number of hydrogen-bond donors (Lipinski definition) is 1. The molecule has 0 aliphatic carbocycles. The minimum absolute atomic E-state index is 0.0384. The van der Waals surface area contributed by atoms with Crippen molar-refractivity contribution in [3.63, 3.8) is 0 Å². The van der Waals surface area contributed by atoms with Gasteiger partial charge in [-0.1, -0.05) is 56.4 Å². The molecule has 0 atom stereocenters. The maximum Gasteiger partial charge on any atom is 0.307 e. The van der Waals surface area contributed by atoms with Crippen LogP contribution < -0.4 is 10.2 Å². The highest BCUT2D eigenvalue weighted by Crippen LogP contribution is 2.32. The van der Waals surface area contributed by atoms with Crippen molar-refractivity contribution in [1.29, 1.82) is 0 Å². The molecule has 1 fully saturated rings. The number of aromatic nitrogens is 1. The Morgan fingerprint density at radius 3 is 2.39 bits per heavy atom. The van der Waals surface area contributed by atoms with Crippen LogP contribution in [0.25, 0.3) is 6.08 Å². The average molecular weight is 460 g/mol. The Labute approximate surface area is 189 Å². The Hall–Kier alpha value is -2.65. The molecular weight excluding hydrogens is 434 g/mol. The molecule has 9 heteroatoms. The van der Waals surface area contributed by atoms with Crippen molar-refractivity contribution in [3.8, 4) is 0 Å². The van der Waals surface area contributed by atoms with Crippen LogP contribution in [0, 0.1) is 6.92 Å². The van der Waals surface area contributed by atoms with Crippen LogP contribution in [0.5, 0.6) is 0 Å². The van der Waals surface area contributed by atoms with Gasteiger partial charge in [0.2, 0.25) is 5.91 Å². The monoisotopic (exact) mass is 459 g/mol. The molecule has 3 amide bonds. The fraction of sp³-hybridized carbons (Fsp3) is 0.364. The predicted molar refractivity (Wildman–Crippen MR) is 124 cm³/mol. The Morgan fingerprint density at radius 1 is 1.13 bits per heavy atom. The van der Waals surface area contributed by atoms with Gasteiger partial charge in [-0.25, -0.2) is 0 Å². The standard InChI is InChI=1S/C22H25N3O4S2/c1-14-13-30-20(28)25(14)12-18(26)23-9-10-24-19(27)17(31-21(24)29)11-15-5-7-16(8-6-15)22(2,3)4/h5-8,11,13H,9-10,12H2,1-4H3,(H,23,26). The maximum absolute atomic E-state index is 12.6. The first-order chi connectivity index (χ1) is 14.6. The summed E-state index contributed by atoms with van der Waals surface area (Å²) in [7, 11) is 0. The highest BCUT2D eigenvalue weighted by atomic mass is 32.2. The Morgan fingerprint density at radius 2 is 1.81 bits per heavy atom. The van der Waals surface area contributed by atoms with Gasteiger partial charge in [0.05, 0.1) is 4.91 Å². The van der Waals surface area contributed by atoms with Crippen LogP contribution in [0.3, 0.4) is 0 Å². The second-order valence-corrected chi connectivity index (χ2v) is 10.1. The van der Waals surface area contributed by atoms with E-state index in [1.165, 1.54) is 10.1 Å². The average Bonchev–Trinajstić information content (AvgIpc) is 3.15. The van der Waals surface area contributed by atoms with Gasteiger partial charge in [0.1, 0.15) is 6.54 Å². The number of hydrogen-bond acceptors (Lipinski definition) is 6. The molecule has 7 nitrogen and oxygen atoms in total. The van der Waals surface area contributed by atoms with Gasteiger partial charge in [-0.15, -0.1) is 0 Å². The molecule has 0 spiro atoms. The smallest absolute Gasteiger partial charge is 0.307 e. The number of thiazole rings is 1. The van der Waals surface area contributed by atoms with E-state index in [0.29, 0.717) is 4.91 Å². The largest absolute Gasteiger partial charge is 0.353 e. The van der Waals surface area contributed by atoms with Crippen molar-refractivity contribution >= 4 is 46.2 Å². The molecule has 1 aliphatic rings. The number of benzene rings is 1. The number of imide groups is 1. The zero-order valence-electron chi connectivity index (χ0n) is 17.9. The first-order valence-electron chi connectivity index (χ1n) is 9.84. The summed E-state index contributed by atoms with van der Waals surface area (Å²) in [5.74, 6) is -0.709. The lowest BCUT2D eigenvalue weighted by Crippen LogP contribution is -2.39. The number of nitrogens with zero attached hydrogens (tertiary/aromatic N) is 2. The van der Waals surface area contributed by atoms with Crippen molar-refractivity contribution in [3.05, 3.63) is 61.0 Å². The lowest BCUT2D eigenvalue weighted by atomic mass is 9.87. The number of amides is 3. The molecule has 1 saturated heterocycles. The zero-order chi connectivity index (χ0) is 22.8. The third kappa shape index (κ3) is 5.54. The summed E-state index contributed by atoms with van der Waals surface area (Å²) in [6.45, 7) is 8.27. The van der Waals surface area contributed by atoms with Crippen molar-refractivity contribution in [1.82, 2.24) is 14.8 Å². The molecule has 2 aromatic rings. The topological polar surface area (TPSA) is 88.5 Å².